The van der Waals surface area contributed by atoms with Crippen LogP contribution in [-0.2, 0) is 21.2 Å². The summed E-state index contributed by atoms with van der Waals surface area (Å²) in [4.78, 5) is 0. The Hall–Kier alpha value is -0.733. The van der Waals surface area contributed by atoms with Crippen molar-refractivity contribution in [3.05, 3.63) is 35.9 Å². The molecule has 1 heterocycles. The molecule has 1 aliphatic rings. The first-order chi connectivity index (χ1) is 11.5. The number of hydrogen-bond donors (Lipinski definition) is 1. The summed E-state index contributed by atoms with van der Waals surface area (Å²) >= 11 is 0. The summed E-state index contributed by atoms with van der Waals surface area (Å²) in [5.74, 6) is 0. The summed E-state index contributed by atoms with van der Waals surface area (Å²) in [7, 11) is -5.20. The molecule has 1 atom stereocenters. The van der Waals surface area contributed by atoms with E-state index in [0.717, 1.165) is 18.4 Å². The summed E-state index contributed by atoms with van der Waals surface area (Å²) in [6, 6.07) is 9.66. The molecule has 1 unspecified atom stereocenters. The average molecular weight is 385 g/mol. The molecule has 0 radical (unpaired) electrons. The Bertz CT molecular complexity index is 657. The molecule has 142 valence electrons. The van der Waals surface area contributed by atoms with Crippen LogP contribution >= 0.6 is 0 Å². The van der Waals surface area contributed by atoms with Crippen LogP contribution in [0.25, 0.3) is 0 Å². The molecule has 0 saturated carbocycles. The van der Waals surface area contributed by atoms with Gasteiger partial charge in [0.2, 0.25) is 0 Å². The number of nitrogens with zero attached hydrogens (tertiary/aromatic N) is 1. The van der Waals surface area contributed by atoms with Crippen LogP contribution < -0.4 is 4.72 Å². The monoisotopic (exact) mass is 384 g/mol. The molecule has 25 heavy (non-hydrogen) atoms. The van der Waals surface area contributed by atoms with Gasteiger partial charge in [-0.15, -0.1) is 0 Å². The van der Waals surface area contributed by atoms with Crippen molar-refractivity contribution < 1.29 is 12.8 Å². The van der Waals surface area contributed by atoms with Gasteiger partial charge in [0.05, 0.1) is 0 Å². The lowest BCUT2D eigenvalue weighted by atomic mass is 10.1. The first-order valence-corrected chi connectivity index (χ1v) is 13.3. The normalized spacial score (nSPS) is 22.0. The molecule has 0 aromatic heterocycles. The van der Waals surface area contributed by atoms with Gasteiger partial charge in [0.25, 0.3) is 10.2 Å². The number of nitrogens with one attached hydrogen (secondary N) is 1. The standard InChI is InChI=1S/C18H32N2O3SSi/c1-18(2,3)25(4,5)23-14-12-17-11-13-20(24(21,22)19-17)15-16-9-7-6-8-10-16/h6-10,17,19H,11-15H2,1-5H3. The van der Waals surface area contributed by atoms with Crippen LogP contribution in [0.5, 0.6) is 0 Å². The highest BCUT2D eigenvalue weighted by molar-refractivity contribution is 7.87. The molecule has 1 aromatic carbocycles. The van der Waals surface area contributed by atoms with Gasteiger partial charge in [-0.05, 0) is 36.5 Å². The van der Waals surface area contributed by atoms with Gasteiger partial charge in [-0.2, -0.15) is 17.4 Å². The Morgan fingerprint density at radius 1 is 1.24 bits per heavy atom. The highest BCUT2D eigenvalue weighted by Gasteiger charge is 2.37. The fraction of sp³-hybridized carbons (Fsp3) is 0.667. The minimum atomic E-state index is -3.43. The Labute approximate surface area is 154 Å². The highest BCUT2D eigenvalue weighted by Crippen LogP contribution is 2.36. The largest absolute Gasteiger partial charge is 0.417 e. The van der Waals surface area contributed by atoms with Gasteiger partial charge in [-0.3, -0.25) is 0 Å². The Morgan fingerprint density at radius 3 is 2.44 bits per heavy atom. The van der Waals surface area contributed by atoms with Crippen LogP contribution in [0.15, 0.2) is 30.3 Å². The van der Waals surface area contributed by atoms with Crippen LogP contribution in [0.3, 0.4) is 0 Å². The van der Waals surface area contributed by atoms with E-state index in [9.17, 15) is 8.42 Å². The molecule has 1 N–H and O–H groups in total. The summed E-state index contributed by atoms with van der Waals surface area (Å²) in [6.45, 7) is 12.7. The number of rotatable bonds is 6. The molecule has 1 fully saturated rings. The van der Waals surface area contributed by atoms with E-state index in [1.165, 1.54) is 4.31 Å². The van der Waals surface area contributed by atoms with Gasteiger partial charge in [0.15, 0.2) is 8.32 Å². The molecule has 1 aliphatic heterocycles. The van der Waals surface area contributed by atoms with Crippen molar-refractivity contribution in [3.63, 3.8) is 0 Å². The van der Waals surface area contributed by atoms with E-state index in [1.807, 2.05) is 30.3 Å². The van der Waals surface area contributed by atoms with Crippen molar-refractivity contribution in [1.29, 1.82) is 0 Å². The highest BCUT2D eigenvalue weighted by atomic mass is 32.2. The molecule has 0 bridgehead atoms. The fourth-order valence-corrected chi connectivity index (χ4v) is 5.12. The van der Waals surface area contributed by atoms with E-state index in [0.29, 0.717) is 19.7 Å². The van der Waals surface area contributed by atoms with Crippen molar-refractivity contribution in [2.45, 2.75) is 64.3 Å². The summed E-state index contributed by atoms with van der Waals surface area (Å²) < 4.78 is 35.5. The number of hydrogen-bond acceptors (Lipinski definition) is 3. The second-order valence-electron chi connectivity index (χ2n) is 8.33. The van der Waals surface area contributed by atoms with Crippen molar-refractivity contribution in [1.82, 2.24) is 9.03 Å². The minimum Gasteiger partial charge on any atom is -0.417 e. The third-order valence-electron chi connectivity index (χ3n) is 5.32. The first-order valence-electron chi connectivity index (χ1n) is 8.96. The third kappa shape index (κ3) is 5.62. The van der Waals surface area contributed by atoms with Crippen LogP contribution in [0.1, 0.15) is 39.2 Å². The van der Waals surface area contributed by atoms with Crippen molar-refractivity contribution in [3.8, 4) is 0 Å². The average Bonchev–Trinajstić information content (AvgIpc) is 2.49. The zero-order valence-electron chi connectivity index (χ0n) is 16.1. The Kier molecular flexibility index (Phi) is 6.48. The number of benzene rings is 1. The Morgan fingerprint density at radius 2 is 1.88 bits per heavy atom. The molecule has 0 aliphatic carbocycles. The van der Waals surface area contributed by atoms with E-state index in [-0.39, 0.29) is 11.1 Å². The minimum absolute atomic E-state index is 0.0400. The molecule has 1 aromatic rings. The maximum Gasteiger partial charge on any atom is 0.280 e. The zero-order valence-corrected chi connectivity index (χ0v) is 17.9. The smallest absolute Gasteiger partial charge is 0.280 e. The van der Waals surface area contributed by atoms with Crippen LogP contribution in [0.2, 0.25) is 18.1 Å². The third-order valence-corrected chi connectivity index (χ3v) is 11.5. The lowest BCUT2D eigenvalue weighted by Gasteiger charge is -2.37. The van der Waals surface area contributed by atoms with E-state index in [4.69, 9.17) is 4.43 Å². The topological polar surface area (TPSA) is 58.6 Å². The molecule has 2 rings (SSSR count). The van der Waals surface area contributed by atoms with Crippen molar-refractivity contribution in [2.75, 3.05) is 13.2 Å². The van der Waals surface area contributed by atoms with Crippen molar-refractivity contribution >= 4 is 18.5 Å². The Balaban J connectivity index is 1.86. The molecule has 0 amide bonds. The second kappa shape index (κ2) is 7.88. The van der Waals surface area contributed by atoms with Gasteiger partial charge in [0, 0.05) is 25.7 Å². The van der Waals surface area contributed by atoms with Gasteiger partial charge < -0.3 is 4.43 Å². The molecule has 7 heteroatoms. The predicted octanol–water partition coefficient (Wildman–Crippen LogP) is 3.51. The first kappa shape index (κ1) is 20.6. The lowest BCUT2D eigenvalue weighted by Crippen LogP contribution is -2.52. The maximum atomic E-state index is 12.5. The van der Waals surface area contributed by atoms with E-state index >= 15 is 0 Å². The van der Waals surface area contributed by atoms with Crippen molar-refractivity contribution in [2.24, 2.45) is 0 Å². The van der Waals surface area contributed by atoms with Crippen LogP contribution in [-0.4, -0.2) is 40.2 Å². The van der Waals surface area contributed by atoms with E-state index < -0.39 is 18.5 Å². The van der Waals surface area contributed by atoms with Gasteiger partial charge in [-0.25, -0.2) is 0 Å². The maximum absolute atomic E-state index is 12.5. The SMILES string of the molecule is CC(C)(C)[Si](C)(C)OCCC1CCN(Cc2ccccc2)S(=O)(=O)N1. The lowest BCUT2D eigenvalue weighted by molar-refractivity contribution is 0.250. The molecule has 5 nitrogen and oxygen atoms in total. The van der Waals surface area contributed by atoms with Gasteiger partial charge >= 0.3 is 0 Å². The summed E-state index contributed by atoms with van der Waals surface area (Å²) in [5, 5.41) is 0.172. The second-order valence-corrected chi connectivity index (χ2v) is 14.8. The quantitative estimate of drug-likeness (QED) is 0.764. The molecule has 1 saturated heterocycles. The van der Waals surface area contributed by atoms with E-state index in [1.54, 1.807) is 0 Å². The van der Waals surface area contributed by atoms with Gasteiger partial charge in [-0.1, -0.05) is 51.1 Å². The predicted molar refractivity (Wildman–Crippen MR) is 105 cm³/mol. The summed E-state index contributed by atoms with van der Waals surface area (Å²) in [5.41, 5.74) is 1.01. The summed E-state index contributed by atoms with van der Waals surface area (Å²) in [6.07, 6.45) is 1.54. The molecular weight excluding hydrogens is 352 g/mol. The molecule has 0 spiro atoms. The molecular formula is C18H32N2O3SSi. The van der Waals surface area contributed by atoms with Gasteiger partial charge in [0.1, 0.15) is 0 Å². The van der Waals surface area contributed by atoms with Crippen LogP contribution in [0, 0.1) is 0 Å². The fourth-order valence-electron chi connectivity index (χ4n) is 2.59. The van der Waals surface area contributed by atoms with E-state index in [2.05, 4.69) is 38.6 Å². The van der Waals surface area contributed by atoms with Crippen LogP contribution in [0.4, 0.5) is 0 Å². The zero-order chi connectivity index (χ0) is 18.7.